The van der Waals surface area contributed by atoms with Crippen LogP contribution in [-0.4, -0.2) is 23.3 Å². The number of aromatic hydroxyl groups is 1. The summed E-state index contributed by atoms with van der Waals surface area (Å²) in [7, 11) is 0. The monoisotopic (exact) mass is 318 g/mol. The fourth-order valence-electron chi connectivity index (χ4n) is 1.65. The Bertz CT molecular complexity index is 684. The zero-order valence-electron chi connectivity index (χ0n) is 11.9. The van der Waals surface area contributed by atoms with E-state index in [0.717, 1.165) is 5.56 Å². The van der Waals surface area contributed by atoms with Crippen molar-refractivity contribution in [2.45, 2.75) is 6.92 Å². The highest BCUT2D eigenvalue weighted by atomic mass is 35.5. The smallest absolute Gasteiger partial charge is 0.277 e. The number of hydrogen-bond donors (Lipinski definition) is 2. The van der Waals surface area contributed by atoms with E-state index in [1.807, 2.05) is 0 Å². The Hall–Kier alpha value is -2.53. The van der Waals surface area contributed by atoms with Crippen molar-refractivity contribution in [3.8, 4) is 11.5 Å². The van der Waals surface area contributed by atoms with E-state index in [2.05, 4.69) is 10.5 Å². The normalized spacial score (nSPS) is 11.1. The van der Waals surface area contributed by atoms with Crippen LogP contribution in [0.15, 0.2) is 53.6 Å². The number of hydrogen-bond acceptors (Lipinski definition) is 4. The van der Waals surface area contributed by atoms with Crippen molar-refractivity contribution in [2.24, 2.45) is 5.10 Å². The molecule has 0 heterocycles. The average Bonchev–Trinajstić information content (AvgIpc) is 2.52. The number of phenols is 1. The molecule has 5 nitrogen and oxygen atoms in total. The summed E-state index contributed by atoms with van der Waals surface area (Å²) in [6.45, 7) is 1.58. The minimum atomic E-state index is -0.380. The summed E-state index contributed by atoms with van der Waals surface area (Å²) in [5.41, 5.74) is 3.70. The molecule has 0 saturated heterocycles. The predicted octanol–water partition coefficient (Wildman–Crippen LogP) is 2.96. The van der Waals surface area contributed by atoms with Crippen LogP contribution in [0.4, 0.5) is 0 Å². The van der Waals surface area contributed by atoms with Crippen molar-refractivity contribution in [3.63, 3.8) is 0 Å². The standard InChI is InChI=1S/C16H15ClN2O3/c1-11(12-3-2-4-14(20)9-12)18-19-16(21)10-22-15-7-5-13(17)6-8-15/h2-9,20H,10H2,1H3,(H,19,21)/b18-11-. The molecule has 0 aliphatic heterocycles. The summed E-state index contributed by atoms with van der Waals surface area (Å²) in [4.78, 5) is 11.7. The van der Waals surface area contributed by atoms with E-state index < -0.39 is 0 Å². The summed E-state index contributed by atoms with van der Waals surface area (Å²) in [5.74, 6) is 0.312. The van der Waals surface area contributed by atoms with E-state index in [4.69, 9.17) is 16.3 Å². The van der Waals surface area contributed by atoms with Gasteiger partial charge in [-0.05, 0) is 43.3 Å². The molecular formula is C16H15ClN2O3. The fraction of sp³-hybridized carbons (Fsp3) is 0.125. The summed E-state index contributed by atoms with van der Waals surface area (Å²) in [6.07, 6.45) is 0. The molecule has 0 atom stereocenters. The van der Waals surface area contributed by atoms with Crippen molar-refractivity contribution in [1.82, 2.24) is 5.43 Å². The molecule has 0 spiro atoms. The van der Waals surface area contributed by atoms with Crippen LogP contribution in [0.5, 0.6) is 11.5 Å². The molecule has 6 heteroatoms. The number of carbonyl (C=O) groups is 1. The number of carbonyl (C=O) groups excluding carboxylic acids is 1. The molecule has 2 N–H and O–H groups in total. The lowest BCUT2D eigenvalue weighted by molar-refractivity contribution is -0.123. The maximum Gasteiger partial charge on any atom is 0.277 e. The fourth-order valence-corrected chi connectivity index (χ4v) is 1.78. The van der Waals surface area contributed by atoms with Gasteiger partial charge >= 0.3 is 0 Å². The van der Waals surface area contributed by atoms with Crippen LogP contribution in [0.25, 0.3) is 0 Å². The maximum atomic E-state index is 11.7. The van der Waals surface area contributed by atoms with Crippen LogP contribution in [0.1, 0.15) is 12.5 Å². The van der Waals surface area contributed by atoms with Gasteiger partial charge in [0.1, 0.15) is 11.5 Å². The number of hydrazone groups is 1. The highest BCUT2D eigenvalue weighted by Gasteiger charge is 2.03. The molecule has 22 heavy (non-hydrogen) atoms. The maximum absolute atomic E-state index is 11.7. The Balaban J connectivity index is 1.86. The zero-order chi connectivity index (χ0) is 15.9. The van der Waals surface area contributed by atoms with E-state index in [0.29, 0.717) is 16.5 Å². The summed E-state index contributed by atoms with van der Waals surface area (Å²) < 4.78 is 5.30. The van der Waals surface area contributed by atoms with Crippen molar-refractivity contribution < 1.29 is 14.6 Å². The predicted molar refractivity (Wildman–Crippen MR) is 85.4 cm³/mol. The quantitative estimate of drug-likeness (QED) is 0.657. The Kier molecular flexibility index (Phi) is 5.38. The third-order valence-electron chi connectivity index (χ3n) is 2.80. The third-order valence-corrected chi connectivity index (χ3v) is 3.05. The van der Waals surface area contributed by atoms with Gasteiger partial charge in [0.15, 0.2) is 6.61 Å². The average molecular weight is 319 g/mol. The molecule has 0 saturated carbocycles. The molecule has 1 amide bonds. The molecular weight excluding hydrogens is 304 g/mol. The van der Waals surface area contributed by atoms with E-state index in [1.165, 1.54) is 0 Å². The van der Waals surface area contributed by atoms with Crippen LogP contribution < -0.4 is 10.2 Å². The Morgan fingerprint density at radius 3 is 2.68 bits per heavy atom. The molecule has 0 radical (unpaired) electrons. The largest absolute Gasteiger partial charge is 0.508 e. The zero-order valence-corrected chi connectivity index (χ0v) is 12.7. The SMILES string of the molecule is C/C(=N/NC(=O)COc1ccc(Cl)cc1)c1cccc(O)c1. The molecule has 2 aromatic rings. The number of nitrogens with one attached hydrogen (secondary N) is 1. The number of halogens is 1. The van der Waals surface area contributed by atoms with Gasteiger partial charge in [-0.25, -0.2) is 5.43 Å². The number of nitrogens with zero attached hydrogens (tertiary/aromatic N) is 1. The van der Waals surface area contributed by atoms with Crippen LogP contribution in [0.3, 0.4) is 0 Å². The first-order chi connectivity index (χ1) is 10.5. The molecule has 0 aliphatic rings. The van der Waals surface area contributed by atoms with Gasteiger partial charge in [0.2, 0.25) is 0 Å². The third kappa shape index (κ3) is 4.79. The molecule has 0 aromatic heterocycles. The topological polar surface area (TPSA) is 70.9 Å². The highest BCUT2D eigenvalue weighted by molar-refractivity contribution is 6.30. The Labute approximate surface area is 133 Å². The van der Waals surface area contributed by atoms with Crippen molar-refractivity contribution in [2.75, 3.05) is 6.61 Å². The molecule has 0 fully saturated rings. The van der Waals surface area contributed by atoms with Crippen LogP contribution in [0.2, 0.25) is 5.02 Å². The number of benzene rings is 2. The van der Waals surface area contributed by atoms with Gasteiger partial charge in [-0.2, -0.15) is 5.10 Å². The first-order valence-electron chi connectivity index (χ1n) is 6.55. The number of amides is 1. The molecule has 114 valence electrons. The second-order valence-corrected chi connectivity index (χ2v) is 4.96. The summed E-state index contributed by atoms with van der Waals surface area (Å²) in [6, 6.07) is 13.3. The van der Waals surface area contributed by atoms with Gasteiger partial charge in [-0.15, -0.1) is 0 Å². The van der Waals surface area contributed by atoms with Crippen molar-refractivity contribution in [1.29, 1.82) is 0 Å². The van der Waals surface area contributed by atoms with E-state index in [9.17, 15) is 9.90 Å². The number of rotatable bonds is 5. The van der Waals surface area contributed by atoms with Gasteiger partial charge in [-0.3, -0.25) is 4.79 Å². The second-order valence-electron chi connectivity index (χ2n) is 4.53. The molecule has 2 rings (SSSR count). The minimum Gasteiger partial charge on any atom is -0.508 e. The van der Waals surface area contributed by atoms with E-state index >= 15 is 0 Å². The summed E-state index contributed by atoms with van der Waals surface area (Å²) in [5, 5.41) is 14.0. The Morgan fingerprint density at radius 2 is 2.00 bits per heavy atom. The number of ether oxygens (including phenoxy) is 1. The minimum absolute atomic E-state index is 0.143. The van der Waals surface area contributed by atoms with Crippen LogP contribution >= 0.6 is 11.6 Å². The molecule has 0 bridgehead atoms. The van der Waals surface area contributed by atoms with E-state index in [-0.39, 0.29) is 18.3 Å². The van der Waals surface area contributed by atoms with Crippen LogP contribution in [0, 0.1) is 0 Å². The van der Waals surface area contributed by atoms with Gasteiger partial charge in [0, 0.05) is 10.6 Å². The van der Waals surface area contributed by atoms with Crippen LogP contribution in [-0.2, 0) is 4.79 Å². The first kappa shape index (κ1) is 15.9. The lowest BCUT2D eigenvalue weighted by Gasteiger charge is -2.06. The molecule has 0 aliphatic carbocycles. The molecule has 2 aromatic carbocycles. The lowest BCUT2D eigenvalue weighted by Crippen LogP contribution is -2.25. The second kappa shape index (κ2) is 7.47. The highest BCUT2D eigenvalue weighted by Crippen LogP contribution is 2.15. The first-order valence-corrected chi connectivity index (χ1v) is 6.93. The lowest BCUT2D eigenvalue weighted by atomic mass is 10.1. The molecule has 0 unspecified atom stereocenters. The van der Waals surface area contributed by atoms with Gasteiger partial charge in [0.25, 0.3) is 5.91 Å². The Morgan fingerprint density at radius 1 is 1.27 bits per heavy atom. The van der Waals surface area contributed by atoms with E-state index in [1.54, 1.807) is 55.5 Å². The number of phenolic OH excluding ortho intramolecular Hbond substituents is 1. The van der Waals surface area contributed by atoms with Gasteiger partial charge in [0.05, 0.1) is 5.71 Å². The van der Waals surface area contributed by atoms with Gasteiger partial charge in [-0.1, -0.05) is 23.7 Å². The van der Waals surface area contributed by atoms with Crippen molar-refractivity contribution in [3.05, 3.63) is 59.1 Å². The van der Waals surface area contributed by atoms with Crippen molar-refractivity contribution >= 4 is 23.2 Å². The van der Waals surface area contributed by atoms with Gasteiger partial charge < -0.3 is 9.84 Å². The summed E-state index contributed by atoms with van der Waals surface area (Å²) >= 11 is 5.76.